The van der Waals surface area contributed by atoms with E-state index in [1.54, 1.807) is 0 Å². The summed E-state index contributed by atoms with van der Waals surface area (Å²) in [6.45, 7) is 4.69. The molecule has 3 heteroatoms. The Morgan fingerprint density at radius 1 is 1.05 bits per heavy atom. The van der Waals surface area contributed by atoms with Gasteiger partial charge in [-0.2, -0.15) is 0 Å². The van der Waals surface area contributed by atoms with Crippen LogP contribution in [0.3, 0.4) is 0 Å². The fourth-order valence-corrected chi connectivity index (χ4v) is 2.69. The predicted molar refractivity (Wildman–Crippen MR) is 81.3 cm³/mol. The van der Waals surface area contributed by atoms with Gasteiger partial charge in [0.1, 0.15) is 12.4 Å². The molecular formula is C16H16Cl2O. The number of benzene rings is 2. The van der Waals surface area contributed by atoms with Gasteiger partial charge in [0, 0.05) is 10.6 Å². The number of alkyl halides is 1. The monoisotopic (exact) mass is 294 g/mol. The molecule has 19 heavy (non-hydrogen) atoms. The lowest BCUT2D eigenvalue weighted by molar-refractivity contribution is 0.303. The van der Waals surface area contributed by atoms with Gasteiger partial charge >= 0.3 is 0 Å². The van der Waals surface area contributed by atoms with Crippen LogP contribution in [0, 0.1) is 13.8 Å². The second kappa shape index (κ2) is 6.31. The highest BCUT2D eigenvalue weighted by molar-refractivity contribution is 6.32. The lowest BCUT2D eigenvalue weighted by Gasteiger charge is -2.12. The fourth-order valence-electron chi connectivity index (χ4n) is 2.12. The SMILES string of the molecule is Cc1cc(C)cc(COc2cccc(Cl)c2CCl)c1. The number of hydrogen-bond donors (Lipinski definition) is 0. The molecule has 2 aromatic carbocycles. The van der Waals surface area contributed by atoms with Gasteiger partial charge < -0.3 is 4.74 Å². The molecule has 0 aliphatic rings. The van der Waals surface area contributed by atoms with Crippen molar-refractivity contribution in [2.75, 3.05) is 0 Å². The molecular weight excluding hydrogens is 279 g/mol. The Bertz CT molecular complexity index is 559. The summed E-state index contributed by atoms with van der Waals surface area (Å²) in [4.78, 5) is 0. The van der Waals surface area contributed by atoms with Crippen molar-refractivity contribution in [1.29, 1.82) is 0 Å². The minimum absolute atomic E-state index is 0.349. The average molecular weight is 295 g/mol. The zero-order valence-electron chi connectivity index (χ0n) is 11.0. The van der Waals surface area contributed by atoms with Gasteiger partial charge in [-0.1, -0.05) is 47.0 Å². The van der Waals surface area contributed by atoms with Crippen molar-refractivity contribution in [2.24, 2.45) is 0 Å². The highest BCUT2D eigenvalue weighted by atomic mass is 35.5. The molecule has 100 valence electrons. The Balaban J connectivity index is 2.16. The molecule has 0 spiro atoms. The number of hydrogen-bond acceptors (Lipinski definition) is 1. The van der Waals surface area contributed by atoms with Gasteiger partial charge in [0.2, 0.25) is 0 Å². The van der Waals surface area contributed by atoms with Gasteiger partial charge in [-0.3, -0.25) is 0 Å². The topological polar surface area (TPSA) is 9.23 Å². The quantitative estimate of drug-likeness (QED) is 0.698. The molecule has 0 heterocycles. The minimum atomic E-state index is 0.349. The number of halogens is 2. The van der Waals surface area contributed by atoms with Crippen molar-refractivity contribution in [1.82, 2.24) is 0 Å². The first kappa shape index (κ1) is 14.2. The molecule has 1 nitrogen and oxygen atoms in total. The molecule has 0 saturated heterocycles. The van der Waals surface area contributed by atoms with E-state index in [9.17, 15) is 0 Å². The molecule has 0 atom stereocenters. The van der Waals surface area contributed by atoms with Crippen LogP contribution in [0.1, 0.15) is 22.3 Å². The van der Waals surface area contributed by atoms with Crippen molar-refractivity contribution >= 4 is 23.2 Å². The highest BCUT2D eigenvalue weighted by Gasteiger charge is 2.07. The summed E-state index contributed by atoms with van der Waals surface area (Å²) < 4.78 is 5.84. The largest absolute Gasteiger partial charge is 0.489 e. The van der Waals surface area contributed by atoms with Crippen molar-refractivity contribution in [2.45, 2.75) is 26.3 Å². The van der Waals surface area contributed by atoms with Crippen molar-refractivity contribution in [3.05, 3.63) is 63.7 Å². The third kappa shape index (κ3) is 3.65. The van der Waals surface area contributed by atoms with Crippen LogP contribution in [0.25, 0.3) is 0 Å². The smallest absolute Gasteiger partial charge is 0.125 e. The summed E-state index contributed by atoms with van der Waals surface area (Å²) >= 11 is 12.0. The maximum absolute atomic E-state index is 6.10. The first-order valence-corrected chi connectivity index (χ1v) is 7.04. The van der Waals surface area contributed by atoms with Gasteiger partial charge in [-0.15, -0.1) is 11.6 Å². The third-order valence-electron chi connectivity index (χ3n) is 2.89. The maximum Gasteiger partial charge on any atom is 0.125 e. The van der Waals surface area contributed by atoms with Crippen molar-refractivity contribution in [3.8, 4) is 5.75 Å². The summed E-state index contributed by atoms with van der Waals surface area (Å²) in [6, 6.07) is 12.0. The molecule has 0 amide bonds. The van der Waals surface area contributed by atoms with E-state index in [-0.39, 0.29) is 0 Å². The van der Waals surface area contributed by atoms with E-state index in [2.05, 4.69) is 32.0 Å². The van der Waals surface area contributed by atoms with Gasteiger partial charge in [0.15, 0.2) is 0 Å². The Morgan fingerprint density at radius 2 is 1.74 bits per heavy atom. The molecule has 0 aliphatic heterocycles. The lowest BCUT2D eigenvalue weighted by Crippen LogP contribution is -1.99. The summed E-state index contributed by atoms with van der Waals surface area (Å²) in [5.41, 5.74) is 4.47. The summed E-state index contributed by atoms with van der Waals surface area (Å²) in [7, 11) is 0. The van der Waals surface area contributed by atoms with Crippen LogP contribution in [-0.2, 0) is 12.5 Å². The number of aryl methyl sites for hydroxylation is 2. The van der Waals surface area contributed by atoms with E-state index in [0.29, 0.717) is 17.5 Å². The lowest BCUT2D eigenvalue weighted by atomic mass is 10.1. The molecule has 0 unspecified atom stereocenters. The Kier molecular flexibility index (Phi) is 4.73. The second-order valence-electron chi connectivity index (χ2n) is 4.63. The van der Waals surface area contributed by atoms with E-state index in [0.717, 1.165) is 16.9 Å². The number of rotatable bonds is 4. The van der Waals surface area contributed by atoms with Gasteiger partial charge in [-0.25, -0.2) is 0 Å². The molecule has 0 aromatic heterocycles. The summed E-state index contributed by atoms with van der Waals surface area (Å²) in [5, 5.41) is 0.646. The standard InChI is InChI=1S/C16H16Cl2O/c1-11-6-12(2)8-13(7-11)10-19-16-5-3-4-15(18)14(16)9-17/h3-8H,9-10H2,1-2H3. The van der Waals surface area contributed by atoms with Gasteiger partial charge in [-0.05, 0) is 31.5 Å². The molecule has 0 radical (unpaired) electrons. The first-order chi connectivity index (χ1) is 9.10. The van der Waals surface area contributed by atoms with E-state index < -0.39 is 0 Å². The van der Waals surface area contributed by atoms with Crippen LogP contribution in [0.5, 0.6) is 5.75 Å². The van der Waals surface area contributed by atoms with Crippen LogP contribution < -0.4 is 4.74 Å². The van der Waals surface area contributed by atoms with Crippen LogP contribution in [0.2, 0.25) is 5.02 Å². The fraction of sp³-hybridized carbons (Fsp3) is 0.250. The Hall–Kier alpha value is -1.18. The number of ether oxygens (including phenoxy) is 1. The molecule has 2 rings (SSSR count). The zero-order chi connectivity index (χ0) is 13.8. The Morgan fingerprint density at radius 3 is 2.37 bits per heavy atom. The molecule has 0 fully saturated rings. The van der Waals surface area contributed by atoms with Gasteiger partial charge in [0.05, 0.1) is 5.88 Å². The predicted octanol–water partition coefficient (Wildman–Crippen LogP) is 5.27. The zero-order valence-corrected chi connectivity index (χ0v) is 12.6. The van der Waals surface area contributed by atoms with E-state index in [1.807, 2.05) is 18.2 Å². The van der Waals surface area contributed by atoms with Crippen LogP contribution in [-0.4, -0.2) is 0 Å². The van der Waals surface area contributed by atoms with E-state index >= 15 is 0 Å². The molecule has 0 saturated carbocycles. The van der Waals surface area contributed by atoms with E-state index in [1.165, 1.54) is 11.1 Å². The first-order valence-electron chi connectivity index (χ1n) is 6.13. The third-order valence-corrected chi connectivity index (χ3v) is 3.51. The Labute approximate surface area is 124 Å². The van der Waals surface area contributed by atoms with Crippen molar-refractivity contribution < 1.29 is 4.74 Å². The van der Waals surface area contributed by atoms with Crippen molar-refractivity contribution in [3.63, 3.8) is 0 Å². The summed E-state index contributed by atoms with van der Waals surface area (Å²) in [5.74, 6) is 1.10. The summed E-state index contributed by atoms with van der Waals surface area (Å²) in [6.07, 6.45) is 0. The maximum atomic E-state index is 6.10. The van der Waals surface area contributed by atoms with Crippen LogP contribution in [0.4, 0.5) is 0 Å². The molecule has 0 aliphatic carbocycles. The normalized spacial score (nSPS) is 10.5. The van der Waals surface area contributed by atoms with Gasteiger partial charge in [0.25, 0.3) is 0 Å². The van der Waals surface area contributed by atoms with E-state index in [4.69, 9.17) is 27.9 Å². The molecule has 2 aromatic rings. The minimum Gasteiger partial charge on any atom is -0.489 e. The molecule has 0 bridgehead atoms. The van der Waals surface area contributed by atoms with Crippen LogP contribution in [0.15, 0.2) is 36.4 Å². The highest BCUT2D eigenvalue weighted by Crippen LogP contribution is 2.28. The van der Waals surface area contributed by atoms with Crippen LogP contribution >= 0.6 is 23.2 Å². The second-order valence-corrected chi connectivity index (χ2v) is 5.31. The molecule has 0 N–H and O–H groups in total. The average Bonchev–Trinajstić information content (AvgIpc) is 2.35.